The van der Waals surface area contributed by atoms with E-state index < -0.39 is 0 Å². The van der Waals surface area contributed by atoms with Crippen LogP contribution >= 0.6 is 11.6 Å². The molecule has 6 heteroatoms. The van der Waals surface area contributed by atoms with Crippen molar-refractivity contribution < 1.29 is 9.53 Å². The lowest BCUT2D eigenvalue weighted by molar-refractivity contribution is -0.123. The Kier molecular flexibility index (Phi) is 4.80. The molecule has 0 saturated heterocycles. The Balaban J connectivity index is 1.67. The van der Waals surface area contributed by atoms with Crippen LogP contribution in [-0.2, 0) is 11.2 Å². The largest absolute Gasteiger partial charge is 0.484 e. The van der Waals surface area contributed by atoms with Gasteiger partial charge >= 0.3 is 0 Å². The summed E-state index contributed by atoms with van der Waals surface area (Å²) >= 11 is 5.81. The Morgan fingerprint density at radius 2 is 2.37 bits per heavy atom. The molecule has 0 aliphatic rings. The fourth-order valence-corrected chi connectivity index (χ4v) is 1.69. The van der Waals surface area contributed by atoms with Crippen LogP contribution in [-0.4, -0.2) is 29.0 Å². The van der Waals surface area contributed by atoms with E-state index in [1.54, 1.807) is 36.8 Å². The quantitative estimate of drug-likeness (QED) is 0.847. The van der Waals surface area contributed by atoms with Gasteiger partial charge in [-0.05, 0) is 18.2 Å². The van der Waals surface area contributed by atoms with Crippen molar-refractivity contribution in [2.45, 2.75) is 6.42 Å². The minimum Gasteiger partial charge on any atom is -0.484 e. The van der Waals surface area contributed by atoms with Gasteiger partial charge in [0.15, 0.2) is 6.61 Å². The molecule has 0 radical (unpaired) electrons. The minimum absolute atomic E-state index is 0.0245. The lowest BCUT2D eigenvalue weighted by Gasteiger charge is -2.07. The van der Waals surface area contributed by atoms with Gasteiger partial charge in [0.2, 0.25) is 0 Å². The van der Waals surface area contributed by atoms with E-state index >= 15 is 0 Å². The number of carbonyl (C=O) groups is 1. The lowest BCUT2D eigenvalue weighted by Crippen LogP contribution is -2.30. The Morgan fingerprint density at radius 1 is 1.47 bits per heavy atom. The Bertz CT molecular complexity index is 528. The van der Waals surface area contributed by atoms with E-state index in [0.29, 0.717) is 23.7 Å². The van der Waals surface area contributed by atoms with Crippen molar-refractivity contribution in [1.29, 1.82) is 0 Å². The molecule has 0 spiro atoms. The molecule has 0 aliphatic carbocycles. The van der Waals surface area contributed by atoms with Gasteiger partial charge in [-0.3, -0.25) is 4.79 Å². The predicted octanol–water partition coefficient (Wildman–Crippen LogP) is 1.80. The fraction of sp³-hybridized carbons (Fsp3) is 0.231. The molecular weight excluding hydrogens is 266 g/mol. The molecule has 1 aromatic heterocycles. The third-order valence-electron chi connectivity index (χ3n) is 2.44. The number of hydrogen-bond donors (Lipinski definition) is 2. The number of aromatic nitrogens is 2. The number of amides is 1. The summed E-state index contributed by atoms with van der Waals surface area (Å²) in [6.45, 7) is 0.517. The van der Waals surface area contributed by atoms with Crippen LogP contribution in [0.5, 0.6) is 5.75 Å². The lowest BCUT2D eigenvalue weighted by atomic mass is 10.3. The molecule has 2 aromatic rings. The zero-order chi connectivity index (χ0) is 13.5. The van der Waals surface area contributed by atoms with E-state index in [2.05, 4.69) is 15.3 Å². The van der Waals surface area contributed by atoms with Gasteiger partial charge in [0.1, 0.15) is 5.75 Å². The molecule has 1 amide bonds. The van der Waals surface area contributed by atoms with Crippen molar-refractivity contribution >= 4 is 17.5 Å². The van der Waals surface area contributed by atoms with E-state index in [4.69, 9.17) is 16.3 Å². The summed E-state index contributed by atoms with van der Waals surface area (Å²) in [4.78, 5) is 18.4. The molecule has 1 aromatic carbocycles. The van der Waals surface area contributed by atoms with Crippen molar-refractivity contribution in [3.8, 4) is 5.75 Å². The van der Waals surface area contributed by atoms with E-state index in [1.165, 1.54) is 0 Å². The molecule has 0 atom stereocenters. The maximum Gasteiger partial charge on any atom is 0.257 e. The van der Waals surface area contributed by atoms with Crippen molar-refractivity contribution in [2.24, 2.45) is 0 Å². The first kappa shape index (κ1) is 13.4. The SMILES string of the molecule is O=C(COc1cccc(Cl)c1)NCCc1cnc[nH]1. The number of imidazole rings is 1. The minimum atomic E-state index is -0.167. The first-order valence-electron chi connectivity index (χ1n) is 5.86. The molecule has 5 nitrogen and oxygen atoms in total. The van der Waals surface area contributed by atoms with Crippen LogP contribution in [0.4, 0.5) is 0 Å². The molecule has 2 rings (SSSR count). The van der Waals surface area contributed by atoms with Gasteiger partial charge in [-0.25, -0.2) is 4.98 Å². The second-order valence-electron chi connectivity index (χ2n) is 3.92. The third-order valence-corrected chi connectivity index (χ3v) is 2.67. The predicted molar refractivity (Wildman–Crippen MR) is 72.2 cm³/mol. The van der Waals surface area contributed by atoms with Gasteiger partial charge in [-0.1, -0.05) is 17.7 Å². The molecule has 0 aliphatic heterocycles. The number of rotatable bonds is 6. The zero-order valence-electron chi connectivity index (χ0n) is 10.2. The van der Waals surface area contributed by atoms with Gasteiger partial charge in [0, 0.05) is 29.9 Å². The zero-order valence-corrected chi connectivity index (χ0v) is 11.0. The summed E-state index contributed by atoms with van der Waals surface area (Å²) in [5, 5.41) is 3.34. The van der Waals surface area contributed by atoms with Crippen molar-refractivity contribution in [3.63, 3.8) is 0 Å². The number of benzene rings is 1. The van der Waals surface area contributed by atoms with Crippen LogP contribution in [0.25, 0.3) is 0 Å². The Labute approximate surface area is 116 Å². The third kappa shape index (κ3) is 4.63. The molecule has 19 heavy (non-hydrogen) atoms. The summed E-state index contributed by atoms with van der Waals surface area (Å²) in [5.41, 5.74) is 0.982. The highest BCUT2D eigenvalue weighted by Crippen LogP contribution is 2.16. The van der Waals surface area contributed by atoms with Crippen molar-refractivity contribution in [1.82, 2.24) is 15.3 Å². The van der Waals surface area contributed by atoms with E-state index in [0.717, 1.165) is 5.69 Å². The number of H-pyrrole nitrogens is 1. The maximum atomic E-state index is 11.5. The van der Waals surface area contributed by atoms with Crippen LogP contribution in [0.1, 0.15) is 5.69 Å². The molecule has 0 saturated carbocycles. The average Bonchev–Trinajstić information content (AvgIpc) is 2.90. The highest BCUT2D eigenvalue weighted by Gasteiger charge is 2.03. The monoisotopic (exact) mass is 279 g/mol. The van der Waals surface area contributed by atoms with Gasteiger partial charge in [-0.15, -0.1) is 0 Å². The van der Waals surface area contributed by atoms with Crippen LogP contribution in [0.3, 0.4) is 0 Å². The average molecular weight is 280 g/mol. The number of nitrogens with zero attached hydrogens (tertiary/aromatic N) is 1. The van der Waals surface area contributed by atoms with Gasteiger partial charge < -0.3 is 15.0 Å². The number of nitrogens with one attached hydrogen (secondary N) is 2. The van der Waals surface area contributed by atoms with Crippen molar-refractivity contribution in [2.75, 3.05) is 13.2 Å². The van der Waals surface area contributed by atoms with Crippen LogP contribution in [0.2, 0.25) is 5.02 Å². The van der Waals surface area contributed by atoms with E-state index in [-0.39, 0.29) is 12.5 Å². The molecule has 100 valence electrons. The second-order valence-corrected chi connectivity index (χ2v) is 4.36. The summed E-state index contributed by atoms with van der Waals surface area (Å²) in [6, 6.07) is 6.94. The fourth-order valence-electron chi connectivity index (χ4n) is 1.51. The molecule has 0 fully saturated rings. The molecular formula is C13H14ClN3O2. The van der Waals surface area contributed by atoms with Gasteiger partial charge in [0.05, 0.1) is 6.33 Å². The highest BCUT2D eigenvalue weighted by molar-refractivity contribution is 6.30. The summed E-state index contributed by atoms with van der Waals surface area (Å²) in [7, 11) is 0. The normalized spacial score (nSPS) is 10.2. The highest BCUT2D eigenvalue weighted by atomic mass is 35.5. The van der Waals surface area contributed by atoms with E-state index in [9.17, 15) is 4.79 Å². The summed E-state index contributed by atoms with van der Waals surface area (Å²) in [5.74, 6) is 0.413. The number of aromatic amines is 1. The number of ether oxygens (including phenoxy) is 1. The number of carbonyl (C=O) groups excluding carboxylic acids is 1. The van der Waals surface area contributed by atoms with Crippen LogP contribution in [0, 0.1) is 0 Å². The first-order chi connectivity index (χ1) is 9.24. The molecule has 0 bridgehead atoms. The second kappa shape index (κ2) is 6.80. The smallest absolute Gasteiger partial charge is 0.257 e. The Morgan fingerprint density at radius 3 is 3.11 bits per heavy atom. The molecule has 1 heterocycles. The maximum absolute atomic E-state index is 11.5. The Hall–Kier alpha value is -2.01. The van der Waals surface area contributed by atoms with Crippen LogP contribution in [0.15, 0.2) is 36.8 Å². The molecule has 2 N–H and O–H groups in total. The van der Waals surface area contributed by atoms with E-state index in [1.807, 2.05) is 0 Å². The topological polar surface area (TPSA) is 67.0 Å². The van der Waals surface area contributed by atoms with Gasteiger partial charge in [0.25, 0.3) is 5.91 Å². The van der Waals surface area contributed by atoms with Crippen LogP contribution < -0.4 is 10.1 Å². The van der Waals surface area contributed by atoms with Gasteiger partial charge in [-0.2, -0.15) is 0 Å². The first-order valence-corrected chi connectivity index (χ1v) is 6.24. The van der Waals surface area contributed by atoms with Crippen molar-refractivity contribution in [3.05, 3.63) is 47.5 Å². The summed E-state index contributed by atoms with van der Waals surface area (Å²) in [6.07, 6.45) is 4.05. The summed E-state index contributed by atoms with van der Waals surface area (Å²) < 4.78 is 5.32. The molecule has 0 unspecified atom stereocenters. The number of hydrogen-bond acceptors (Lipinski definition) is 3. The standard InChI is InChI=1S/C13H14ClN3O2/c14-10-2-1-3-12(6-10)19-8-13(18)16-5-4-11-7-15-9-17-11/h1-3,6-7,9H,4-5,8H2,(H,15,17)(H,16,18). The number of halogens is 1.